The summed E-state index contributed by atoms with van der Waals surface area (Å²) in [7, 11) is -3.85. The lowest BCUT2D eigenvalue weighted by Gasteiger charge is -2.30. The molecule has 1 saturated heterocycles. The van der Waals surface area contributed by atoms with E-state index in [0.717, 1.165) is 17.1 Å². The average molecular weight is 374 g/mol. The largest absolute Gasteiger partial charge is 0.337 e. The molecular weight excluding hydrogens is 354 g/mol. The zero-order valence-corrected chi connectivity index (χ0v) is 14.9. The lowest BCUT2D eigenvalue weighted by Crippen LogP contribution is -2.45. The number of piperidine rings is 1. The molecule has 0 aromatic heterocycles. The van der Waals surface area contributed by atoms with Crippen LogP contribution in [0.3, 0.4) is 0 Å². The zero-order chi connectivity index (χ0) is 16.8. The highest BCUT2D eigenvalue weighted by Gasteiger charge is 2.40. The Kier molecular flexibility index (Phi) is 5.22. The molecule has 2 N–H and O–H groups in total. The number of hydrogen-bond acceptors (Lipinski definition) is 5. The Balaban J connectivity index is 0.00000208. The van der Waals surface area contributed by atoms with Crippen molar-refractivity contribution in [2.24, 2.45) is 5.73 Å². The summed E-state index contributed by atoms with van der Waals surface area (Å²) < 4.78 is 25.6. The zero-order valence-electron chi connectivity index (χ0n) is 13.3. The van der Waals surface area contributed by atoms with Gasteiger partial charge in [0.1, 0.15) is 4.90 Å². The molecule has 2 aliphatic rings. The molecule has 9 heteroatoms. The molecule has 2 amide bonds. The Bertz CT molecular complexity index is 781. The first-order valence-corrected chi connectivity index (χ1v) is 9.06. The van der Waals surface area contributed by atoms with Crippen molar-refractivity contribution in [3.8, 4) is 0 Å². The molecule has 0 bridgehead atoms. The number of nitrogens with zero attached hydrogens (tertiary/aromatic N) is 2. The summed E-state index contributed by atoms with van der Waals surface area (Å²) in [5.41, 5.74) is 6.28. The fourth-order valence-corrected chi connectivity index (χ4v) is 4.70. The van der Waals surface area contributed by atoms with E-state index in [4.69, 9.17) is 5.73 Å². The standard InChI is InChI=1S/C15H19N3O4S.ClH/c1-2-18-15(20)12-6-5-10(8-13(12)23(18,21)22)14(19)17-7-3-4-11(16)9-17;/h5-6,8,11H,2-4,7,9,16H2,1H3;1H. The topological polar surface area (TPSA) is 101 Å². The molecule has 132 valence electrons. The summed E-state index contributed by atoms with van der Waals surface area (Å²) in [5.74, 6) is -0.790. The van der Waals surface area contributed by atoms with Crippen molar-refractivity contribution in [2.75, 3.05) is 19.6 Å². The molecule has 1 aromatic rings. The van der Waals surface area contributed by atoms with Crippen molar-refractivity contribution in [1.29, 1.82) is 0 Å². The first kappa shape index (κ1) is 18.7. The molecule has 2 aliphatic heterocycles. The monoisotopic (exact) mass is 373 g/mol. The van der Waals surface area contributed by atoms with Crippen LogP contribution in [0.4, 0.5) is 0 Å². The quantitative estimate of drug-likeness (QED) is 0.827. The third-order valence-electron chi connectivity index (χ3n) is 4.29. The number of likely N-dealkylation sites (tertiary alicyclic amines) is 1. The normalized spacial score (nSPS) is 22.1. The fraction of sp³-hybridized carbons (Fsp3) is 0.467. The maximum absolute atomic E-state index is 12.6. The molecular formula is C15H20ClN3O4S. The van der Waals surface area contributed by atoms with Gasteiger partial charge < -0.3 is 10.6 Å². The fourth-order valence-electron chi connectivity index (χ4n) is 3.10. The van der Waals surface area contributed by atoms with Gasteiger partial charge in [0, 0.05) is 31.2 Å². The van der Waals surface area contributed by atoms with Gasteiger partial charge in [-0.2, -0.15) is 0 Å². The van der Waals surface area contributed by atoms with Gasteiger partial charge in [-0.1, -0.05) is 0 Å². The summed E-state index contributed by atoms with van der Waals surface area (Å²) in [4.78, 5) is 26.2. The molecule has 1 fully saturated rings. The lowest BCUT2D eigenvalue weighted by molar-refractivity contribution is 0.0708. The number of rotatable bonds is 2. The van der Waals surface area contributed by atoms with Crippen LogP contribution < -0.4 is 5.73 Å². The second-order valence-corrected chi connectivity index (χ2v) is 7.67. The molecule has 1 unspecified atom stereocenters. The average Bonchev–Trinajstić information content (AvgIpc) is 2.72. The first-order chi connectivity index (χ1) is 10.9. The molecule has 3 rings (SSSR count). The summed E-state index contributed by atoms with van der Waals surface area (Å²) in [6, 6.07) is 4.18. The molecule has 0 radical (unpaired) electrons. The maximum atomic E-state index is 12.6. The molecule has 24 heavy (non-hydrogen) atoms. The highest BCUT2D eigenvalue weighted by molar-refractivity contribution is 7.90. The van der Waals surface area contributed by atoms with Crippen molar-refractivity contribution < 1.29 is 18.0 Å². The van der Waals surface area contributed by atoms with Crippen LogP contribution in [-0.2, 0) is 10.0 Å². The van der Waals surface area contributed by atoms with Crippen LogP contribution in [-0.4, -0.2) is 55.1 Å². The number of halogens is 1. The van der Waals surface area contributed by atoms with E-state index >= 15 is 0 Å². The van der Waals surface area contributed by atoms with E-state index in [-0.39, 0.29) is 46.9 Å². The van der Waals surface area contributed by atoms with Crippen molar-refractivity contribution in [2.45, 2.75) is 30.7 Å². The minimum Gasteiger partial charge on any atom is -0.337 e. The van der Waals surface area contributed by atoms with Crippen LogP contribution in [0.2, 0.25) is 0 Å². The molecule has 2 heterocycles. The van der Waals surface area contributed by atoms with Crippen molar-refractivity contribution in [3.05, 3.63) is 29.3 Å². The van der Waals surface area contributed by atoms with Crippen molar-refractivity contribution in [3.63, 3.8) is 0 Å². The maximum Gasteiger partial charge on any atom is 0.268 e. The Morgan fingerprint density at radius 3 is 2.71 bits per heavy atom. The smallest absolute Gasteiger partial charge is 0.268 e. The van der Waals surface area contributed by atoms with E-state index in [1.54, 1.807) is 11.8 Å². The summed E-state index contributed by atoms with van der Waals surface area (Å²) in [6.07, 6.45) is 1.71. The van der Waals surface area contributed by atoms with Gasteiger partial charge in [0.05, 0.1) is 5.56 Å². The Hall–Kier alpha value is -1.64. The van der Waals surface area contributed by atoms with Gasteiger partial charge in [-0.3, -0.25) is 9.59 Å². The number of sulfonamides is 1. The van der Waals surface area contributed by atoms with E-state index in [1.807, 2.05) is 0 Å². The molecule has 1 aromatic carbocycles. The first-order valence-electron chi connectivity index (χ1n) is 7.62. The van der Waals surface area contributed by atoms with Crippen molar-refractivity contribution >= 4 is 34.2 Å². The summed E-state index contributed by atoms with van der Waals surface area (Å²) >= 11 is 0. The van der Waals surface area contributed by atoms with Crippen LogP contribution >= 0.6 is 12.4 Å². The van der Waals surface area contributed by atoms with E-state index in [9.17, 15) is 18.0 Å². The molecule has 0 saturated carbocycles. The number of amides is 2. The molecule has 7 nitrogen and oxygen atoms in total. The second-order valence-electron chi connectivity index (χ2n) is 5.84. The summed E-state index contributed by atoms with van der Waals surface area (Å²) in [5, 5.41) is 0. The Morgan fingerprint density at radius 2 is 2.08 bits per heavy atom. The van der Waals surface area contributed by atoms with Crippen LogP contribution in [0.1, 0.15) is 40.5 Å². The SMILES string of the molecule is CCN1C(=O)c2ccc(C(=O)N3CCCC(N)C3)cc2S1(=O)=O.Cl. The molecule has 0 aliphatic carbocycles. The van der Waals surface area contributed by atoms with Gasteiger partial charge in [0.15, 0.2) is 0 Å². The third kappa shape index (κ3) is 2.89. The summed E-state index contributed by atoms with van der Waals surface area (Å²) in [6.45, 7) is 2.74. The van der Waals surface area contributed by atoms with Crippen molar-refractivity contribution in [1.82, 2.24) is 9.21 Å². The highest BCUT2D eigenvalue weighted by Crippen LogP contribution is 2.31. The number of nitrogens with two attached hydrogens (primary N) is 1. The predicted molar refractivity (Wildman–Crippen MR) is 90.7 cm³/mol. The minimum atomic E-state index is -3.85. The van der Waals surface area contributed by atoms with Gasteiger partial charge in [-0.25, -0.2) is 12.7 Å². The minimum absolute atomic E-state index is 0. The second kappa shape index (κ2) is 6.70. The number of carbonyl (C=O) groups is 2. The Morgan fingerprint density at radius 1 is 1.38 bits per heavy atom. The van der Waals surface area contributed by atoms with Crippen LogP contribution in [0.25, 0.3) is 0 Å². The highest BCUT2D eigenvalue weighted by atomic mass is 35.5. The number of fused-ring (bicyclic) bond motifs is 1. The third-order valence-corrected chi connectivity index (χ3v) is 6.18. The predicted octanol–water partition coefficient (Wildman–Crippen LogP) is 0.836. The van der Waals surface area contributed by atoms with Crippen LogP contribution in [0.15, 0.2) is 23.1 Å². The van der Waals surface area contributed by atoms with Gasteiger partial charge >= 0.3 is 0 Å². The number of hydrogen-bond donors (Lipinski definition) is 1. The van der Waals surface area contributed by atoms with Gasteiger partial charge in [0.25, 0.3) is 21.8 Å². The lowest BCUT2D eigenvalue weighted by atomic mass is 10.0. The molecule has 0 spiro atoms. The number of benzene rings is 1. The van der Waals surface area contributed by atoms with E-state index < -0.39 is 15.9 Å². The van der Waals surface area contributed by atoms with E-state index in [2.05, 4.69) is 0 Å². The van der Waals surface area contributed by atoms with Gasteiger partial charge in [0.2, 0.25) is 0 Å². The van der Waals surface area contributed by atoms with E-state index in [0.29, 0.717) is 13.1 Å². The van der Waals surface area contributed by atoms with Gasteiger partial charge in [-0.05, 0) is 38.0 Å². The van der Waals surface area contributed by atoms with E-state index in [1.165, 1.54) is 18.2 Å². The number of carbonyl (C=O) groups excluding carboxylic acids is 2. The Labute approximate surface area is 147 Å². The van der Waals surface area contributed by atoms with Gasteiger partial charge in [-0.15, -0.1) is 12.4 Å². The van der Waals surface area contributed by atoms with Crippen LogP contribution in [0, 0.1) is 0 Å². The van der Waals surface area contributed by atoms with Crippen LogP contribution in [0.5, 0.6) is 0 Å². The molecule has 1 atom stereocenters.